The maximum absolute atomic E-state index is 12.1. The van der Waals surface area contributed by atoms with E-state index < -0.39 is 31.0 Å². The zero-order valence-electron chi connectivity index (χ0n) is 11.2. The molecule has 2 aromatic rings. The second-order valence-electron chi connectivity index (χ2n) is 4.82. The van der Waals surface area contributed by atoms with Gasteiger partial charge in [0.1, 0.15) is 6.10 Å². The lowest BCUT2D eigenvalue weighted by atomic mass is 10.1. The van der Waals surface area contributed by atoms with Crippen molar-refractivity contribution in [3.63, 3.8) is 0 Å². The standard InChI is InChI=1S/C14H17F2N3O2/c15-13(16)12(20)7-19-14(21)10(17)5-8-6-18-11-4-2-1-3-9(8)11/h1-4,6,10,12-13,18,20H,5,7,17H2,(H,19,21)/t10-,12?/m1/s1. The van der Waals surface area contributed by atoms with Crippen LogP contribution in [0, 0.1) is 0 Å². The Labute approximate surface area is 120 Å². The summed E-state index contributed by atoms with van der Waals surface area (Å²) in [4.78, 5) is 14.8. The number of para-hydroxylation sites is 1. The monoisotopic (exact) mass is 297 g/mol. The molecule has 21 heavy (non-hydrogen) atoms. The van der Waals surface area contributed by atoms with Crippen molar-refractivity contribution < 1.29 is 18.7 Å². The van der Waals surface area contributed by atoms with E-state index in [9.17, 15) is 13.6 Å². The first-order chi connectivity index (χ1) is 9.99. The maximum Gasteiger partial charge on any atom is 0.265 e. The van der Waals surface area contributed by atoms with Crippen LogP contribution in [-0.2, 0) is 11.2 Å². The van der Waals surface area contributed by atoms with Gasteiger partial charge in [-0.25, -0.2) is 8.78 Å². The Morgan fingerprint density at radius 1 is 1.38 bits per heavy atom. The first-order valence-electron chi connectivity index (χ1n) is 6.53. The molecule has 114 valence electrons. The molecule has 0 saturated heterocycles. The number of hydrogen-bond donors (Lipinski definition) is 4. The van der Waals surface area contributed by atoms with E-state index in [0.29, 0.717) is 0 Å². The molecule has 0 fully saturated rings. The summed E-state index contributed by atoms with van der Waals surface area (Å²) in [6.45, 7) is -0.516. The van der Waals surface area contributed by atoms with E-state index >= 15 is 0 Å². The van der Waals surface area contributed by atoms with E-state index in [2.05, 4.69) is 10.3 Å². The smallest absolute Gasteiger partial charge is 0.265 e. The second kappa shape index (κ2) is 6.64. The number of hydrogen-bond acceptors (Lipinski definition) is 3. The number of aliphatic hydroxyl groups is 1. The third-order valence-corrected chi connectivity index (χ3v) is 3.23. The molecule has 0 aliphatic carbocycles. The van der Waals surface area contributed by atoms with Crippen LogP contribution in [0.1, 0.15) is 5.56 Å². The average molecular weight is 297 g/mol. The molecule has 5 nitrogen and oxygen atoms in total. The summed E-state index contributed by atoms with van der Waals surface area (Å²) in [6, 6.07) is 6.72. The molecule has 7 heteroatoms. The zero-order valence-corrected chi connectivity index (χ0v) is 11.2. The number of nitrogens with one attached hydrogen (secondary N) is 2. The van der Waals surface area contributed by atoms with Crippen molar-refractivity contribution in [1.29, 1.82) is 0 Å². The lowest BCUT2D eigenvalue weighted by Crippen LogP contribution is -2.45. The number of aromatic nitrogens is 1. The van der Waals surface area contributed by atoms with E-state index in [4.69, 9.17) is 10.8 Å². The number of rotatable bonds is 6. The highest BCUT2D eigenvalue weighted by atomic mass is 19.3. The van der Waals surface area contributed by atoms with E-state index in [-0.39, 0.29) is 6.42 Å². The van der Waals surface area contributed by atoms with Gasteiger partial charge in [0, 0.05) is 23.6 Å². The number of alkyl halides is 2. The van der Waals surface area contributed by atoms with Gasteiger partial charge in [-0.1, -0.05) is 18.2 Å². The van der Waals surface area contributed by atoms with Gasteiger partial charge >= 0.3 is 0 Å². The van der Waals surface area contributed by atoms with Crippen molar-refractivity contribution >= 4 is 16.8 Å². The minimum Gasteiger partial charge on any atom is -0.385 e. The Bertz CT molecular complexity index is 615. The highest BCUT2D eigenvalue weighted by Gasteiger charge is 2.20. The van der Waals surface area contributed by atoms with Crippen LogP contribution < -0.4 is 11.1 Å². The summed E-state index contributed by atoms with van der Waals surface area (Å²) >= 11 is 0. The molecule has 0 spiro atoms. The van der Waals surface area contributed by atoms with Gasteiger partial charge in [-0.3, -0.25) is 4.79 Å². The fourth-order valence-corrected chi connectivity index (χ4v) is 2.06. The molecule has 0 aliphatic rings. The minimum absolute atomic E-state index is 0.278. The van der Waals surface area contributed by atoms with Crippen LogP contribution in [0.25, 0.3) is 10.9 Å². The molecule has 1 amide bonds. The quantitative estimate of drug-likeness (QED) is 0.635. The molecule has 5 N–H and O–H groups in total. The van der Waals surface area contributed by atoms with Crippen LogP contribution in [0.5, 0.6) is 0 Å². The van der Waals surface area contributed by atoms with Gasteiger partial charge in [-0.15, -0.1) is 0 Å². The topological polar surface area (TPSA) is 91.1 Å². The van der Waals surface area contributed by atoms with Crippen molar-refractivity contribution in [2.45, 2.75) is 25.0 Å². The summed E-state index contributed by atoms with van der Waals surface area (Å²) < 4.78 is 24.2. The van der Waals surface area contributed by atoms with E-state index in [1.165, 1.54) is 0 Å². The zero-order chi connectivity index (χ0) is 15.4. The highest BCUT2D eigenvalue weighted by Crippen LogP contribution is 2.18. The van der Waals surface area contributed by atoms with E-state index in [1.807, 2.05) is 24.3 Å². The summed E-state index contributed by atoms with van der Waals surface area (Å²) in [6.07, 6.45) is -2.73. The minimum atomic E-state index is -2.89. The van der Waals surface area contributed by atoms with E-state index in [0.717, 1.165) is 16.5 Å². The van der Waals surface area contributed by atoms with Crippen molar-refractivity contribution in [3.05, 3.63) is 36.0 Å². The van der Waals surface area contributed by atoms with Crippen LogP contribution in [0.3, 0.4) is 0 Å². The van der Waals surface area contributed by atoms with Gasteiger partial charge < -0.3 is 21.1 Å². The molecule has 2 rings (SSSR count). The molecule has 1 unspecified atom stereocenters. The number of amides is 1. The summed E-state index contributed by atoms with van der Waals surface area (Å²) in [5, 5.41) is 12.1. The summed E-state index contributed by atoms with van der Waals surface area (Å²) in [7, 11) is 0. The third-order valence-electron chi connectivity index (χ3n) is 3.23. The number of carbonyl (C=O) groups is 1. The predicted molar refractivity (Wildman–Crippen MR) is 75.0 cm³/mol. The SMILES string of the molecule is N[C@H](Cc1c[nH]c2ccccc12)C(=O)NCC(O)C(F)F. The number of aliphatic hydroxyl groups excluding tert-OH is 1. The molecule has 1 aromatic carbocycles. The number of aromatic amines is 1. The maximum atomic E-state index is 12.1. The number of nitrogens with two attached hydrogens (primary N) is 1. The first-order valence-corrected chi connectivity index (χ1v) is 6.53. The predicted octanol–water partition coefficient (Wildman–Crippen LogP) is 0.780. The number of carbonyl (C=O) groups excluding carboxylic acids is 1. The van der Waals surface area contributed by atoms with Crippen LogP contribution in [0.2, 0.25) is 0 Å². The summed E-state index contributed by atoms with van der Waals surface area (Å²) in [5.74, 6) is -0.569. The third kappa shape index (κ3) is 3.77. The molecule has 1 heterocycles. The molecule has 1 aromatic heterocycles. The van der Waals surface area contributed by atoms with Gasteiger partial charge in [0.2, 0.25) is 5.91 Å². The van der Waals surface area contributed by atoms with Crippen molar-refractivity contribution in [1.82, 2.24) is 10.3 Å². The van der Waals surface area contributed by atoms with Gasteiger partial charge in [-0.05, 0) is 18.1 Å². The molecular formula is C14H17F2N3O2. The lowest BCUT2D eigenvalue weighted by molar-refractivity contribution is -0.123. The Kier molecular flexibility index (Phi) is 4.87. The molecule has 2 atom stereocenters. The van der Waals surface area contributed by atoms with Crippen LogP contribution in [-0.4, -0.2) is 41.1 Å². The van der Waals surface area contributed by atoms with Crippen LogP contribution in [0.15, 0.2) is 30.5 Å². The molecule has 0 aliphatic heterocycles. The molecule has 0 radical (unpaired) electrons. The fourth-order valence-electron chi connectivity index (χ4n) is 2.06. The summed E-state index contributed by atoms with van der Waals surface area (Å²) in [5.41, 5.74) is 7.58. The largest absolute Gasteiger partial charge is 0.385 e. The Balaban J connectivity index is 1.94. The van der Waals surface area contributed by atoms with Crippen LogP contribution >= 0.6 is 0 Å². The van der Waals surface area contributed by atoms with Crippen LogP contribution in [0.4, 0.5) is 8.78 Å². The Hall–Kier alpha value is -1.99. The van der Waals surface area contributed by atoms with Crippen molar-refractivity contribution in [2.75, 3.05) is 6.54 Å². The highest BCUT2D eigenvalue weighted by molar-refractivity contribution is 5.86. The Morgan fingerprint density at radius 2 is 2.10 bits per heavy atom. The number of fused-ring (bicyclic) bond motifs is 1. The van der Waals surface area contributed by atoms with Crippen molar-refractivity contribution in [2.24, 2.45) is 5.73 Å². The number of H-pyrrole nitrogens is 1. The Morgan fingerprint density at radius 3 is 2.81 bits per heavy atom. The van der Waals surface area contributed by atoms with Crippen molar-refractivity contribution in [3.8, 4) is 0 Å². The molecule has 0 saturated carbocycles. The van der Waals surface area contributed by atoms with E-state index in [1.54, 1.807) is 6.20 Å². The lowest BCUT2D eigenvalue weighted by Gasteiger charge is -2.14. The molecular weight excluding hydrogens is 280 g/mol. The fraction of sp³-hybridized carbons (Fsp3) is 0.357. The normalized spacial score (nSPS) is 14.3. The van der Waals surface area contributed by atoms with Gasteiger partial charge in [0.05, 0.1) is 6.04 Å². The van der Waals surface area contributed by atoms with Gasteiger partial charge in [-0.2, -0.15) is 0 Å². The first kappa shape index (κ1) is 15.4. The second-order valence-corrected chi connectivity index (χ2v) is 4.82. The van der Waals surface area contributed by atoms with Gasteiger partial charge in [0.25, 0.3) is 6.43 Å². The van der Waals surface area contributed by atoms with Gasteiger partial charge in [0.15, 0.2) is 0 Å². The number of benzene rings is 1. The average Bonchev–Trinajstić information content (AvgIpc) is 2.87. The molecule has 0 bridgehead atoms. The number of halogens is 2.